The van der Waals surface area contributed by atoms with E-state index in [0.29, 0.717) is 18.7 Å². The fourth-order valence-electron chi connectivity index (χ4n) is 3.44. The smallest absolute Gasteiger partial charge is 0.338 e. The molecule has 9 heteroatoms. The van der Waals surface area contributed by atoms with E-state index in [9.17, 15) is 18.0 Å². The molecule has 0 bridgehead atoms. The van der Waals surface area contributed by atoms with E-state index in [1.54, 1.807) is 11.0 Å². The normalized spacial score (nSPS) is 15.3. The van der Waals surface area contributed by atoms with E-state index < -0.39 is 16.0 Å². The zero-order valence-corrected chi connectivity index (χ0v) is 17.9. The number of methoxy groups -OCH3 is 1. The molecule has 1 aliphatic rings. The van der Waals surface area contributed by atoms with E-state index in [-0.39, 0.29) is 28.8 Å². The molecule has 1 aromatic heterocycles. The van der Waals surface area contributed by atoms with Gasteiger partial charge in [0, 0.05) is 37.1 Å². The maximum Gasteiger partial charge on any atom is 0.338 e. The Bertz CT molecular complexity index is 1210. The van der Waals surface area contributed by atoms with Crippen molar-refractivity contribution in [1.29, 1.82) is 0 Å². The van der Waals surface area contributed by atoms with Crippen LogP contribution in [0.2, 0.25) is 0 Å². The van der Waals surface area contributed by atoms with Gasteiger partial charge in [-0.15, -0.1) is 11.3 Å². The first-order valence-corrected chi connectivity index (χ1v) is 11.7. The van der Waals surface area contributed by atoms with Crippen LogP contribution in [0, 0.1) is 0 Å². The highest BCUT2D eigenvalue weighted by atomic mass is 32.2. The van der Waals surface area contributed by atoms with E-state index in [1.807, 2.05) is 36.4 Å². The third-order valence-corrected chi connectivity index (χ3v) is 8.43. The second-order valence-corrected chi connectivity index (χ2v) is 9.98. The molecule has 7 nitrogen and oxygen atoms in total. The van der Waals surface area contributed by atoms with E-state index in [0.717, 1.165) is 22.1 Å². The maximum absolute atomic E-state index is 12.9. The summed E-state index contributed by atoms with van der Waals surface area (Å²) in [5.41, 5.74) is 0.803. The zero-order valence-electron chi connectivity index (χ0n) is 16.3. The number of benzene rings is 2. The van der Waals surface area contributed by atoms with Crippen LogP contribution in [0.3, 0.4) is 0 Å². The van der Waals surface area contributed by atoms with Gasteiger partial charge in [0.2, 0.25) is 0 Å². The van der Waals surface area contributed by atoms with Crippen molar-refractivity contribution in [2.45, 2.75) is 4.21 Å². The van der Waals surface area contributed by atoms with Gasteiger partial charge in [0.25, 0.3) is 15.9 Å². The molecule has 0 atom stereocenters. The van der Waals surface area contributed by atoms with Gasteiger partial charge in [-0.2, -0.15) is 4.31 Å². The number of esters is 1. The Morgan fingerprint density at radius 2 is 1.63 bits per heavy atom. The van der Waals surface area contributed by atoms with Gasteiger partial charge < -0.3 is 9.64 Å². The molecule has 156 valence electrons. The first-order valence-electron chi connectivity index (χ1n) is 9.35. The number of hydrogen-bond donors (Lipinski definition) is 0. The Morgan fingerprint density at radius 3 is 2.33 bits per heavy atom. The summed E-state index contributed by atoms with van der Waals surface area (Å²) in [7, 11) is -2.47. The van der Waals surface area contributed by atoms with Crippen molar-refractivity contribution in [3.05, 3.63) is 65.0 Å². The van der Waals surface area contributed by atoms with Crippen LogP contribution in [0.4, 0.5) is 0 Å². The molecule has 1 saturated heterocycles. The minimum absolute atomic E-state index is 0.0946. The van der Waals surface area contributed by atoms with Crippen LogP contribution in [-0.2, 0) is 14.8 Å². The largest absolute Gasteiger partial charge is 0.465 e. The summed E-state index contributed by atoms with van der Waals surface area (Å²) in [6.45, 7) is 1.01. The number of carbonyl (C=O) groups is 2. The number of sulfonamides is 1. The molecule has 0 radical (unpaired) electrons. The number of thiophene rings is 1. The summed E-state index contributed by atoms with van der Waals surface area (Å²) in [6.07, 6.45) is 0. The van der Waals surface area contributed by atoms with Gasteiger partial charge in [0.05, 0.1) is 12.7 Å². The topological polar surface area (TPSA) is 84.0 Å². The van der Waals surface area contributed by atoms with Crippen LogP contribution in [-0.4, -0.2) is 62.8 Å². The van der Waals surface area contributed by atoms with Crippen molar-refractivity contribution in [1.82, 2.24) is 9.21 Å². The molecule has 2 aromatic carbocycles. The first kappa shape index (κ1) is 20.5. The van der Waals surface area contributed by atoms with Gasteiger partial charge in [0.1, 0.15) is 4.21 Å². The Morgan fingerprint density at radius 1 is 0.933 bits per heavy atom. The summed E-state index contributed by atoms with van der Waals surface area (Å²) < 4.78 is 31.8. The van der Waals surface area contributed by atoms with Crippen molar-refractivity contribution in [3.8, 4) is 0 Å². The average molecular weight is 445 g/mol. The second-order valence-electron chi connectivity index (χ2n) is 6.90. The third kappa shape index (κ3) is 3.83. The van der Waals surface area contributed by atoms with Crippen LogP contribution in [0.25, 0.3) is 10.8 Å². The predicted molar refractivity (Wildman–Crippen MR) is 114 cm³/mol. The summed E-state index contributed by atoms with van der Waals surface area (Å²) in [6, 6.07) is 14.7. The van der Waals surface area contributed by atoms with E-state index in [1.165, 1.54) is 22.9 Å². The molecule has 1 fully saturated rings. The lowest BCUT2D eigenvalue weighted by Gasteiger charge is -2.33. The summed E-state index contributed by atoms with van der Waals surface area (Å²) in [5, 5.41) is 3.52. The molecule has 0 N–H and O–H groups in total. The Balaban J connectivity index is 1.45. The van der Waals surface area contributed by atoms with Gasteiger partial charge in [-0.3, -0.25) is 4.79 Å². The van der Waals surface area contributed by atoms with Gasteiger partial charge in [-0.05, 0) is 29.0 Å². The molecule has 3 aromatic rings. The summed E-state index contributed by atoms with van der Waals surface area (Å²) >= 11 is 0.988. The lowest BCUT2D eigenvalue weighted by atomic mass is 10.1. The standard InChI is InChI=1S/C21H20N2O5S2/c1-28-21(25)18-13-19(29-14-18)30(26,27)23-10-8-22(9-11-23)20(24)17-7-6-15-4-2-3-5-16(15)12-17/h2-7,12-14H,8-11H2,1H3. The minimum Gasteiger partial charge on any atom is -0.465 e. The van der Waals surface area contributed by atoms with Crippen LogP contribution < -0.4 is 0 Å². The molecule has 0 unspecified atom stereocenters. The Kier molecular flexibility index (Phi) is 5.59. The molecule has 0 aliphatic carbocycles. The zero-order chi connectivity index (χ0) is 21.3. The number of piperazine rings is 1. The SMILES string of the molecule is COC(=O)c1csc(S(=O)(=O)N2CCN(C(=O)c3ccc4ccccc4c3)CC2)c1. The van der Waals surface area contributed by atoms with E-state index in [4.69, 9.17) is 0 Å². The average Bonchev–Trinajstić information content (AvgIpc) is 3.29. The highest BCUT2D eigenvalue weighted by Gasteiger charge is 2.32. The van der Waals surface area contributed by atoms with Gasteiger partial charge in [0.15, 0.2) is 0 Å². The van der Waals surface area contributed by atoms with Crippen LogP contribution in [0.5, 0.6) is 0 Å². The van der Waals surface area contributed by atoms with Crippen molar-refractivity contribution in [3.63, 3.8) is 0 Å². The monoisotopic (exact) mass is 444 g/mol. The van der Waals surface area contributed by atoms with Crippen molar-refractivity contribution >= 4 is 44.0 Å². The molecule has 30 heavy (non-hydrogen) atoms. The Hall–Kier alpha value is -2.75. The highest BCUT2D eigenvalue weighted by Crippen LogP contribution is 2.26. The van der Waals surface area contributed by atoms with Gasteiger partial charge >= 0.3 is 5.97 Å². The third-order valence-electron chi connectivity index (χ3n) is 5.11. The summed E-state index contributed by atoms with van der Waals surface area (Å²) in [5.74, 6) is -0.680. The number of ether oxygens (including phenoxy) is 1. The lowest BCUT2D eigenvalue weighted by molar-refractivity contribution is 0.0600. The number of fused-ring (bicyclic) bond motifs is 1. The molecular formula is C21H20N2O5S2. The molecule has 2 heterocycles. The molecule has 1 amide bonds. The predicted octanol–water partition coefficient (Wildman–Crippen LogP) is 2.83. The van der Waals surface area contributed by atoms with E-state index >= 15 is 0 Å². The van der Waals surface area contributed by atoms with Crippen LogP contribution >= 0.6 is 11.3 Å². The summed E-state index contributed by atoms with van der Waals surface area (Å²) in [4.78, 5) is 26.2. The minimum atomic E-state index is -3.72. The molecule has 0 spiro atoms. The maximum atomic E-state index is 12.9. The van der Waals surface area contributed by atoms with Gasteiger partial charge in [-0.25, -0.2) is 13.2 Å². The van der Waals surface area contributed by atoms with Crippen LogP contribution in [0.1, 0.15) is 20.7 Å². The highest BCUT2D eigenvalue weighted by molar-refractivity contribution is 7.91. The number of nitrogens with zero attached hydrogens (tertiary/aromatic N) is 2. The lowest BCUT2D eigenvalue weighted by Crippen LogP contribution is -2.50. The Labute approximate surface area is 178 Å². The van der Waals surface area contributed by atoms with Crippen molar-refractivity contribution < 1.29 is 22.7 Å². The van der Waals surface area contributed by atoms with Gasteiger partial charge in [-0.1, -0.05) is 30.3 Å². The van der Waals surface area contributed by atoms with Crippen LogP contribution in [0.15, 0.2) is 58.1 Å². The fourth-order valence-corrected chi connectivity index (χ4v) is 6.16. The second kappa shape index (κ2) is 8.17. The first-order chi connectivity index (χ1) is 14.4. The number of carbonyl (C=O) groups excluding carboxylic acids is 2. The fraction of sp³-hybridized carbons (Fsp3) is 0.238. The molecule has 4 rings (SSSR count). The number of amides is 1. The number of hydrogen-bond acceptors (Lipinski definition) is 6. The van der Waals surface area contributed by atoms with Crippen molar-refractivity contribution in [2.24, 2.45) is 0 Å². The number of rotatable bonds is 4. The molecule has 1 aliphatic heterocycles. The molecule has 0 saturated carbocycles. The van der Waals surface area contributed by atoms with Crippen molar-refractivity contribution in [2.75, 3.05) is 33.3 Å². The molecular weight excluding hydrogens is 424 g/mol. The quantitative estimate of drug-likeness (QED) is 0.578. The van der Waals surface area contributed by atoms with E-state index in [2.05, 4.69) is 4.74 Å².